The highest BCUT2D eigenvalue weighted by Gasteiger charge is 2.08. The van der Waals surface area contributed by atoms with Crippen molar-refractivity contribution in [3.8, 4) is 10.6 Å². The topological polar surface area (TPSA) is 37.8 Å². The molecule has 0 saturated heterocycles. The first-order chi connectivity index (χ1) is 9.04. The van der Waals surface area contributed by atoms with Crippen LogP contribution in [0.3, 0.4) is 0 Å². The van der Waals surface area contributed by atoms with E-state index in [0.717, 1.165) is 28.5 Å². The lowest BCUT2D eigenvalue weighted by Gasteiger charge is -2.05. The highest BCUT2D eigenvalue weighted by molar-refractivity contribution is 7.14. The maximum absolute atomic E-state index is 5.99. The molecule has 1 aromatic carbocycles. The first-order valence-corrected chi connectivity index (χ1v) is 7.64. The van der Waals surface area contributed by atoms with Crippen molar-refractivity contribution < 1.29 is 0 Å². The SMILES string of the molecule is CC(C)NCCc1nnc(-c2cc(Cl)cc(Cl)c2)s1. The Morgan fingerprint density at radius 2 is 1.84 bits per heavy atom. The second-order valence-corrected chi connectivity index (χ2v) is 6.45. The molecule has 1 N–H and O–H groups in total. The second-order valence-electron chi connectivity index (χ2n) is 4.52. The van der Waals surface area contributed by atoms with Crippen LogP contribution in [0, 0.1) is 0 Å². The number of hydrogen-bond donors (Lipinski definition) is 1. The third kappa shape index (κ3) is 4.42. The smallest absolute Gasteiger partial charge is 0.147 e. The van der Waals surface area contributed by atoms with Crippen LogP contribution in [0.4, 0.5) is 0 Å². The highest BCUT2D eigenvalue weighted by Crippen LogP contribution is 2.29. The van der Waals surface area contributed by atoms with Crippen LogP contribution in [0.25, 0.3) is 10.6 Å². The van der Waals surface area contributed by atoms with E-state index in [4.69, 9.17) is 23.2 Å². The van der Waals surface area contributed by atoms with Gasteiger partial charge in [0.2, 0.25) is 0 Å². The van der Waals surface area contributed by atoms with Gasteiger partial charge in [0.05, 0.1) is 0 Å². The van der Waals surface area contributed by atoms with E-state index in [9.17, 15) is 0 Å². The molecular weight excluding hydrogens is 301 g/mol. The first kappa shape index (κ1) is 14.7. The van der Waals surface area contributed by atoms with Gasteiger partial charge in [-0.2, -0.15) is 0 Å². The summed E-state index contributed by atoms with van der Waals surface area (Å²) in [5, 5.41) is 14.8. The Labute approximate surface area is 127 Å². The van der Waals surface area contributed by atoms with Crippen LogP contribution in [-0.2, 0) is 6.42 Å². The molecule has 0 unspecified atom stereocenters. The number of rotatable bonds is 5. The van der Waals surface area contributed by atoms with Crippen molar-refractivity contribution in [1.29, 1.82) is 0 Å². The van der Waals surface area contributed by atoms with E-state index in [1.54, 1.807) is 17.4 Å². The molecule has 0 atom stereocenters. The maximum Gasteiger partial charge on any atom is 0.147 e. The van der Waals surface area contributed by atoms with E-state index in [2.05, 4.69) is 29.4 Å². The number of benzene rings is 1. The summed E-state index contributed by atoms with van der Waals surface area (Å²) in [6, 6.07) is 5.90. The Morgan fingerprint density at radius 3 is 2.47 bits per heavy atom. The predicted octanol–water partition coefficient (Wildman–Crippen LogP) is 4.05. The summed E-state index contributed by atoms with van der Waals surface area (Å²) in [4.78, 5) is 0. The number of nitrogens with one attached hydrogen (secondary N) is 1. The van der Waals surface area contributed by atoms with Crippen LogP contribution in [0.5, 0.6) is 0 Å². The van der Waals surface area contributed by atoms with Gasteiger partial charge in [-0.25, -0.2) is 0 Å². The number of aromatic nitrogens is 2. The summed E-state index contributed by atoms with van der Waals surface area (Å²) in [5.74, 6) is 0. The fraction of sp³-hybridized carbons (Fsp3) is 0.385. The molecule has 0 aliphatic rings. The van der Waals surface area contributed by atoms with Crippen molar-refractivity contribution in [3.05, 3.63) is 33.3 Å². The fourth-order valence-corrected chi connectivity index (χ4v) is 2.97. The lowest BCUT2D eigenvalue weighted by atomic mass is 10.2. The van der Waals surface area contributed by atoms with E-state index in [-0.39, 0.29) is 0 Å². The van der Waals surface area contributed by atoms with Gasteiger partial charge in [-0.05, 0) is 18.2 Å². The van der Waals surface area contributed by atoms with Gasteiger partial charge in [0.1, 0.15) is 10.0 Å². The third-order valence-electron chi connectivity index (χ3n) is 2.47. The predicted molar refractivity (Wildman–Crippen MR) is 82.2 cm³/mol. The summed E-state index contributed by atoms with van der Waals surface area (Å²) in [5.41, 5.74) is 0.915. The minimum atomic E-state index is 0.485. The Bertz CT molecular complexity index is 534. The monoisotopic (exact) mass is 315 g/mol. The molecule has 0 radical (unpaired) electrons. The molecule has 2 rings (SSSR count). The summed E-state index contributed by atoms with van der Waals surface area (Å²) < 4.78 is 0. The van der Waals surface area contributed by atoms with Crippen LogP contribution < -0.4 is 5.32 Å². The van der Waals surface area contributed by atoms with Gasteiger partial charge in [0.25, 0.3) is 0 Å². The van der Waals surface area contributed by atoms with Crippen LogP contribution in [-0.4, -0.2) is 22.8 Å². The van der Waals surface area contributed by atoms with Gasteiger partial charge in [-0.1, -0.05) is 48.4 Å². The molecule has 1 aromatic heterocycles. The highest BCUT2D eigenvalue weighted by atomic mass is 35.5. The molecule has 2 aromatic rings. The van der Waals surface area contributed by atoms with Crippen molar-refractivity contribution in [3.63, 3.8) is 0 Å². The number of halogens is 2. The first-order valence-electron chi connectivity index (χ1n) is 6.07. The summed E-state index contributed by atoms with van der Waals surface area (Å²) in [6.07, 6.45) is 0.879. The Morgan fingerprint density at radius 1 is 1.16 bits per heavy atom. The molecule has 1 heterocycles. The van der Waals surface area contributed by atoms with E-state index in [1.807, 2.05) is 12.1 Å². The number of hydrogen-bond acceptors (Lipinski definition) is 4. The zero-order chi connectivity index (χ0) is 13.8. The molecule has 3 nitrogen and oxygen atoms in total. The summed E-state index contributed by atoms with van der Waals surface area (Å²) >= 11 is 13.6. The molecule has 0 bridgehead atoms. The third-order valence-corrected chi connectivity index (χ3v) is 3.94. The number of nitrogens with zero attached hydrogens (tertiary/aromatic N) is 2. The van der Waals surface area contributed by atoms with Crippen LogP contribution >= 0.6 is 34.5 Å². The van der Waals surface area contributed by atoms with Crippen molar-refractivity contribution in [2.45, 2.75) is 26.3 Å². The van der Waals surface area contributed by atoms with Crippen molar-refractivity contribution in [2.75, 3.05) is 6.54 Å². The molecular formula is C13H15Cl2N3S. The van der Waals surface area contributed by atoms with Crippen LogP contribution in [0.15, 0.2) is 18.2 Å². The lowest BCUT2D eigenvalue weighted by Crippen LogP contribution is -2.24. The molecule has 0 aliphatic heterocycles. The standard InChI is InChI=1S/C13H15Cl2N3S/c1-8(2)16-4-3-12-17-18-13(19-12)9-5-10(14)7-11(15)6-9/h5-8,16H,3-4H2,1-2H3. The molecule has 19 heavy (non-hydrogen) atoms. The van der Waals surface area contributed by atoms with Gasteiger partial charge in [0.15, 0.2) is 0 Å². The van der Waals surface area contributed by atoms with E-state index < -0.39 is 0 Å². The average molecular weight is 316 g/mol. The summed E-state index contributed by atoms with van der Waals surface area (Å²) in [7, 11) is 0. The lowest BCUT2D eigenvalue weighted by molar-refractivity contribution is 0.588. The summed E-state index contributed by atoms with van der Waals surface area (Å²) in [6.45, 7) is 5.15. The minimum Gasteiger partial charge on any atom is -0.314 e. The largest absolute Gasteiger partial charge is 0.314 e. The molecule has 0 saturated carbocycles. The zero-order valence-electron chi connectivity index (χ0n) is 10.8. The van der Waals surface area contributed by atoms with Gasteiger partial charge in [-0.3, -0.25) is 0 Å². The molecule has 0 fully saturated rings. The van der Waals surface area contributed by atoms with Crippen molar-refractivity contribution in [2.24, 2.45) is 0 Å². The normalized spacial score (nSPS) is 11.2. The van der Waals surface area contributed by atoms with Gasteiger partial charge in [-0.15, -0.1) is 10.2 Å². The Hall–Kier alpha value is -0.680. The average Bonchev–Trinajstić information content (AvgIpc) is 2.76. The van der Waals surface area contributed by atoms with E-state index >= 15 is 0 Å². The van der Waals surface area contributed by atoms with Crippen molar-refractivity contribution in [1.82, 2.24) is 15.5 Å². The van der Waals surface area contributed by atoms with Gasteiger partial charge >= 0.3 is 0 Å². The van der Waals surface area contributed by atoms with E-state index in [1.165, 1.54) is 0 Å². The quantitative estimate of drug-likeness (QED) is 0.904. The van der Waals surface area contributed by atoms with Crippen LogP contribution in [0.1, 0.15) is 18.9 Å². The van der Waals surface area contributed by atoms with E-state index in [0.29, 0.717) is 16.1 Å². The minimum absolute atomic E-state index is 0.485. The molecule has 6 heteroatoms. The second kappa shape index (κ2) is 6.66. The molecule has 102 valence electrons. The molecule has 0 spiro atoms. The fourth-order valence-electron chi connectivity index (χ4n) is 1.62. The Kier molecular flexibility index (Phi) is 5.16. The van der Waals surface area contributed by atoms with Crippen LogP contribution in [0.2, 0.25) is 10.0 Å². The van der Waals surface area contributed by atoms with Crippen molar-refractivity contribution >= 4 is 34.5 Å². The molecule has 0 aliphatic carbocycles. The zero-order valence-corrected chi connectivity index (χ0v) is 13.1. The van der Waals surface area contributed by atoms with Gasteiger partial charge in [0, 0.05) is 34.6 Å². The Balaban J connectivity index is 2.07. The molecule has 0 amide bonds. The van der Waals surface area contributed by atoms with Gasteiger partial charge < -0.3 is 5.32 Å². The maximum atomic E-state index is 5.99.